The second-order valence-electron chi connectivity index (χ2n) is 4.97. The molecule has 1 fully saturated rings. The highest BCUT2D eigenvalue weighted by molar-refractivity contribution is 5.81. The molecule has 1 aliphatic rings. The second kappa shape index (κ2) is 5.17. The van der Waals surface area contributed by atoms with Crippen LogP contribution in [0.2, 0.25) is 0 Å². The van der Waals surface area contributed by atoms with Crippen LogP contribution in [0.3, 0.4) is 0 Å². The Labute approximate surface area is 118 Å². The first kappa shape index (κ1) is 13.0. The summed E-state index contributed by atoms with van der Waals surface area (Å²) >= 11 is 0. The normalized spacial score (nSPS) is 18.4. The maximum Gasteiger partial charge on any atom is 0.129 e. The molecule has 0 bridgehead atoms. The molecule has 0 radical (unpaired) electrons. The monoisotopic (exact) mass is 273 g/mol. The van der Waals surface area contributed by atoms with Gasteiger partial charge >= 0.3 is 0 Å². The van der Waals surface area contributed by atoms with Gasteiger partial charge in [-0.1, -0.05) is 18.2 Å². The van der Waals surface area contributed by atoms with E-state index in [1.165, 1.54) is 0 Å². The Morgan fingerprint density at radius 1 is 1.40 bits per heavy atom. The number of hydrogen-bond donors (Lipinski definition) is 1. The molecule has 106 valence electrons. The molecule has 2 N–H and O–H groups in total. The summed E-state index contributed by atoms with van der Waals surface area (Å²) in [7, 11) is 3.52. The maximum absolute atomic E-state index is 6.22. The van der Waals surface area contributed by atoms with Gasteiger partial charge < -0.3 is 15.2 Å². The fourth-order valence-corrected chi connectivity index (χ4v) is 2.70. The van der Waals surface area contributed by atoms with E-state index in [4.69, 9.17) is 15.2 Å². The zero-order chi connectivity index (χ0) is 14.1. The Morgan fingerprint density at radius 2 is 2.20 bits per heavy atom. The van der Waals surface area contributed by atoms with Crippen molar-refractivity contribution in [2.24, 2.45) is 7.05 Å². The lowest BCUT2D eigenvalue weighted by Crippen LogP contribution is -2.00. The van der Waals surface area contributed by atoms with E-state index in [2.05, 4.69) is 5.10 Å². The van der Waals surface area contributed by atoms with Crippen LogP contribution in [0.15, 0.2) is 24.3 Å². The number of para-hydroxylation sites is 1. The van der Waals surface area contributed by atoms with Crippen LogP contribution >= 0.6 is 0 Å². The van der Waals surface area contributed by atoms with Crippen molar-refractivity contribution < 1.29 is 9.47 Å². The van der Waals surface area contributed by atoms with Crippen molar-refractivity contribution in [3.63, 3.8) is 0 Å². The van der Waals surface area contributed by atoms with Gasteiger partial charge in [0.15, 0.2) is 0 Å². The van der Waals surface area contributed by atoms with Gasteiger partial charge in [0.1, 0.15) is 23.4 Å². The van der Waals surface area contributed by atoms with Gasteiger partial charge in [0.05, 0.1) is 12.7 Å². The summed E-state index contributed by atoms with van der Waals surface area (Å²) in [6.07, 6.45) is 2.07. The summed E-state index contributed by atoms with van der Waals surface area (Å²) in [5, 5.41) is 4.56. The standard InChI is InChI=1S/C15H19N3O2/c1-18-15(16)13(10-6-3-4-7-11(10)19-2)14(17-18)12-8-5-9-20-12/h3-4,6-7,12H,5,8-9,16H2,1-2H3. The van der Waals surface area contributed by atoms with Crippen molar-refractivity contribution in [1.29, 1.82) is 0 Å². The highest BCUT2D eigenvalue weighted by Crippen LogP contribution is 2.41. The minimum atomic E-state index is 0.0263. The summed E-state index contributed by atoms with van der Waals surface area (Å²) in [6.45, 7) is 0.784. The Bertz CT molecular complexity index is 616. The van der Waals surface area contributed by atoms with E-state index in [9.17, 15) is 0 Å². The van der Waals surface area contributed by atoms with Crippen molar-refractivity contribution >= 4 is 5.82 Å². The third kappa shape index (κ3) is 2.04. The zero-order valence-corrected chi connectivity index (χ0v) is 11.8. The van der Waals surface area contributed by atoms with E-state index in [-0.39, 0.29) is 6.10 Å². The lowest BCUT2D eigenvalue weighted by atomic mass is 10.0. The Morgan fingerprint density at radius 3 is 2.90 bits per heavy atom. The number of nitrogens with two attached hydrogens (primary N) is 1. The SMILES string of the molecule is COc1ccccc1-c1c(C2CCCO2)nn(C)c1N. The molecule has 1 unspecified atom stereocenters. The highest BCUT2D eigenvalue weighted by atomic mass is 16.5. The molecule has 20 heavy (non-hydrogen) atoms. The molecule has 1 atom stereocenters. The van der Waals surface area contributed by atoms with Crippen LogP contribution in [0, 0.1) is 0 Å². The number of nitrogens with zero attached hydrogens (tertiary/aromatic N) is 2. The summed E-state index contributed by atoms with van der Waals surface area (Å²) in [6, 6.07) is 7.86. The average molecular weight is 273 g/mol. The van der Waals surface area contributed by atoms with Gasteiger partial charge in [0.2, 0.25) is 0 Å². The molecule has 5 heteroatoms. The predicted octanol–water partition coefficient (Wildman–Crippen LogP) is 2.53. The zero-order valence-electron chi connectivity index (χ0n) is 11.8. The molecule has 2 aromatic rings. The first-order chi connectivity index (χ1) is 9.72. The Kier molecular flexibility index (Phi) is 3.36. The van der Waals surface area contributed by atoms with Gasteiger partial charge in [-0.3, -0.25) is 4.68 Å². The summed E-state index contributed by atoms with van der Waals surface area (Å²) in [5.74, 6) is 1.44. The number of aryl methyl sites for hydroxylation is 1. The van der Waals surface area contributed by atoms with Crippen LogP contribution < -0.4 is 10.5 Å². The van der Waals surface area contributed by atoms with Crippen LogP contribution in [0.1, 0.15) is 24.6 Å². The average Bonchev–Trinajstić information content (AvgIpc) is 3.08. The molecular formula is C15H19N3O2. The third-order valence-corrected chi connectivity index (χ3v) is 3.73. The number of ether oxygens (including phenoxy) is 2. The minimum Gasteiger partial charge on any atom is -0.496 e. The lowest BCUT2D eigenvalue weighted by Gasteiger charge is -2.12. The number of benzene rings is 1. The molecule has 1 aromatic heterocycles. The van der Waals surface area contributed by atoms with E-state index in [0.29, 0.717) is 5.82 Å². The highest BCUT2D eigenvalue weighted by Gasteiger charge is 2.28. The first-order valence-corrected chi connectivity index (χ1v) is 6.79. The molecular weight excluding hydrogens is 254 g/mol. The fourth-order valence-electron chi connectivity index (χ4n) is 2.70. The molecule has 3 rings (SSSR count). The molecule has 0 spiro atoms. The summed E-state index contributed by atoms with van der Waals surface area (Å²) in [5.41, 5.74) is 9.02. The van der Waals surface area contributed by atoms with Gasteiger partial charge in [0.25, 0.3) is 0 Å². The molecule has 2 heterocycles. The number of nitrogen functional groups attached to an aromatic ring is 1. The maximum atomic E-state index is 6.22. The molecule has 0 aliphatic carbocycles. The quantitative estimate of drug-likeness (QED) is 0.933. The van der Waals surface area contributed by atoms with Crippen molar-refractivity contribution in [2.75, 3.05) is 19.5 Å². The van der Waals surface area contributed by atoms with Gasteiger partial charge in [0, 0.05) is 19.2 Å². The van der Waals surface area contributed by atoms with Gasteiger partial charge in [-0.05, 0) is 18.9 Å². The summed E-state index contributed by atoms with van der Waals surface area (Å²) < 4.78 is 12.9. The van der Waals surface area contributed by atoms with Crippen LogP contribution in [0.4, 0.5) is 5.82 Å². The number of hydrogen-bond acceptors (Lipinski definition) is 4. The van der Waals surface area contributed by atoms with Crippen LogP contribution in [0.5, 0.6) is 5.75 Å². The molecule has 1 saturated heterocycles. The lowest BCUT2D eigenvalue weighted by molar-refractivity contribution is 0.108. The number of rotatable bonds is 3. The van der Waals surface area contributed by atoms with Crippen LogP contribution in [-0.4, -0.2) is 23.5 Å². The van der Waals surface area contributed by atoms with E-state index in [1.807, 2.05) is 31.3 Å². The van der Waals surface area contributed by atoms with E-state index in [1.54, 1.807) is 11.8 Å². The van der Waals surface area contributed by atoms with Gasteiger partial charge in [-0.15, -0.1) is 0 Å². The smallest absolute Gasteiger partial charge is 0.129 e. The fraction of sp³-hybridized carbons (Fsp3) is 0.400. The first-order valence-electron chi connectivity index (χ1n) is 6.79. The van der Waals surface area contributed by atoms with E-state index >= 15 is 0 Å². The molecule has 1 aromatic carbocycles. The molecule has 0 saturated carbocycles. The number of aromatic nitrogens is 2. The second-order valence-corrected chi connectivity index (χ2v) is 4.97. The third-order valence-electron chi connectivity index (χ3n) is 3.73. The van der Waals surface area contributed by atoms with Crippen molar-refractivity contribution in [3.8, 4) is 16.9 Å². The molecule has 0 amide bonds. The van der Waals surface area contributed by atoms with Crippen LogP contribution in [-0.2, 0) is 11.8 Å². The number of anilines is 1. The van der Waals surface area contributed by atoms with Gasteiger partial charge in [-0.25, -0.2) is 0 Å². The number of methoxy groups -OCH3 is 1. The summed E-state index contributed by atoms with van der Waals surface area (Å²) in [4.78, 5) is 0. The van der Waals surface area contributed by atoms with Crippen molar-refractivity contribution in [1.82, 2.24) is 9.78 Å². The predicted molar refractivity (Wildman–Crippen MR) is 77.5 cm³/mol. The Hall–Kier alpha value is -2.01. The van der Waals surface area contributed by atoms with E-state index < -0.39 is 0 Å². The van der Waals surface area contributed by atoms with Crippen LogP contribution in [0.25, 0.3) is 11.1 Å². The molecule has 5 nitrogen and oxygen atoms in total. The minimum absolute atomic E-state index is 0.0263. The van der Waals surface area contributed by atoms with E-state index in [0.717, 1.165) is 42.0 Å². The Balaban J connectivity index is 2.16. The van der Waals surface area contributed by atoms with Crippen molar-refractivity contribution in [3.05, 3.63) is 30.0 Å². The topological polar surface area (TPSA) is 62.3 Å². The van der Waals surface area contributed by atoms with Crippen molar-refractivity contribution in [2.45, 2.75) is 18.9 Å². The van der Waals surface area contributed by atoms with Gasteiger partial charge in [-0.2, -0.15) is 5.10 Å². The largest absolute Gasteiger partial charge is 0.496 e. The molecule has 1 aliphatic heterocycles.